The highest BCUT2D eigenvalue weighted by molar-refractivity contribution is 5.78. The lowest BCUT2D eigenvalue weighted by Gasteiger charge is -2.31. The molecule has 0 atom stereocenters. The molecule has 104 valence electrons. The van der Waals surface area contributed by atoms with E-state index in [0.717, 1.165) is 0 Å². The summed E-state index contributed by atoms with van der Waals surface area (Å²) in [5, 5.41) is 8.81. The Bertz CT molecular complexity index is 305. The van der Waals surface area contributed by atoms with Crippen molar-refractivity contribution in [3.63, 3.8) is 0 Å². The molecule has 0 unspecified atom stereocenters. The molecule has 1 saturated heterocycles. The van der Waals surface area contributed by atoms with Crippen LogP contribution in [0.2, 0.25) is 0 Å². The SMILES string of the molecule is CN(CC(=O)N1CCC(C(=O)O)CC1)CC(F)F. The number of halogens is 2. The number of rotatable bonds is 5. The molecule has 1 N–H and O–H groups in total. The number of aliphatic carboxylic acids is 1. The number of carboxylic acids is 1. The van der Waals surface area contributed by atoms with Crippen molar-refractivity contribution in [3.8, 4) is 0 Å². The topological polar surface area (TPSA) is 60.9 Å². The molecule has 1 amide bonds. The molecular weight excluding hydrogens is 246 g/mol. The van der Waals surface area contributed by atoms with E-state index in [0.29, 0.717) is 25.9 Å². The van der Waals surface area contributed by atoms with Crippen molar-refractivity contribution in [2.75, 3.05) is 33.2 Å². The van der Waals surface area contributed by atoms with E-state index in [1.807, 2.05) is 0 Å². The van der Waals surface area contributed by atoms with Crippen LogP contribution in [0.1, 0.15) is 12.8 Å². The van der Waals surface area contributed by atoms with Gasteiger partial charge in [-0.15, -0.1) is 0 Å². The van der Waals surface area contributed by atoms with E-state index in [2.05, 4.69) is 0 Å². The van der Waals surface area contributed by atoms with E-state index in [-0.39, 0.29) is 12.5 Å². The molecule has 0 aromatic heterocycles. The summed E-state index contributed by atoms with van der Waals surface area (Å²) in [5.41, 5.74) is 0. The Kier molecular flexibility index (Phi) is 5.46. The van der Waals surface area contributed by atoms with Crippen LogP contribution in [0.15, 0.2) is 0 Å². The number of hydrogen-bond acceptors (Lipinski definition) is 3. The van der Waals surface area contributed by atoms with Crippen LogP contribution in [0.5, 0.6) is 0 Å². The van der Waals surface area contributed by atoms with Crippen molar-refractivity contribution in [2.45, 2.75) is 19.3 Å². The second kappa shape index (κ2) is 6.63. The summed E-state index contributed by atoms with van der Waals surface area (Å²) >= 11 is 0. The minimum absolute atomic E-state index is 0.0535. The molecule has 18 heavy (non-hydrogen) atoms. The van der Waals surface area contributed by atoms with Gasteiger partial charge in [-0.1, -0.05) is 0 Å². The van der Waals surface area contributed by atoms with E-state index in [1.165, 1.54) is 11.9 Å². The first-order chi connectivity index (χ1) is 8.40. The number of likely N-dealkylation sites (tertiary alicyclic amines) is 1. The molecule has 1 aliphatic heterocycles. The summed E-state index contributed by atoms with van der Waals surface area (Å²) in [4.78, 5) is 25.3. The number of likely N-dealkylation sites (N-methyl/N-ethyl adjacent to an activating group) is 1. The van der Waals surface area contributed by atoms with Crippen LogP contribution >= 0.6 is 0 Å². The Morgan fingerprint density at radius 2 is 1.94 bits per heavy atom. The number of hydrogen-bond donors (Lipinski definition) is 1. The summed E-state index contributed by atoms with van der Waals surface area (Å²) in [6, 6.07) is 0. The molecule has 5 nitrogen and oxygen atoms in total. The van der Waals surface area contributed by atoms with Crippen LogP contribution in [-0.4, -0.2) is 66.4 Å². The van der Waals surface area contributed by atoms with Crippen LogP contribution in [0, 0.1) is 5.92 Å². The zero-order chi connectivity index (χ0) is 13.7. The first kappa shape index (κ1) is 14.8. The van der Waals surface area contributed by atoms with Crippen LogP contribution < -0.4 is 0 Å². The number of piperidine rings is 1. The molecule has 0 radical (unpaired) electrons. The molecule has 0 aromatic rings. The highest BCUT2D eigenvalue weighted by Crippen LogP contribution is 2.17. The van der Waals surface area contributed by atoms with E-state index in [1.54, 1.807) is 4.90 Å². The third-order valence-corrected chi connectivity index (χ3v) is 3.05. The van der Waals surface area contributed by atoms with Gasteiger partial charge in [-0.25, -0.2) is 8.78 Å². The number of carbonyl (C=O) groups excluding carboxylic acids is 1. The molecule has 1 fully saturated rings. The summed E-state index contributed by atoms with van der Waals surface area (Å²) in [7, 11) is 1.47. The van der Waals surface area contributed by atoms with Crippen molar-refractivity contribution >= 4 is 11.9 Å². The lowest BCUT2D eigenvalue weighted by atomic mass is 9.97. The highest BCUT2D eigenvalue weighted by atomic mass is 19.3. The van der Waals surface area contributed by atoms with Gasteiger partial charge in [0, 0.05) is 13.1 Å². The number of alkyl halides is 2. The lowest BCUT2D eigenvalue weighted by Crippen LogP contribution is -2.45. The second-order valence-corrected chi connectivity index (χ2v) is 4.58. The number of carboxylic acid groups (broad SMARTS) is 1. The van der Waals surface area contributed by atoms with Gasteiger partial charge >= 0.3 is 5.97 Å². The van der Waals surface area contributed by atoms with Crippen molar-refractivity contribution in [1.29, 1.82) is 0 Å². The van der Waals surface area contributed by atoms with Gasteiger partial charge < -0.3 is 10.0 Å². The standard InChI is InChI=1S/C11H18F2N2O3/c1-14(6-9(12)13)7-10(16)15-4-2-8(3-5-15)11(17)18/h8-9H,2-7H2,1H3,(H,17,18). The van der Waals surface area contributed by atoms with Gasteiger partial charge in [0.05, 0.1) is 19.0 Å². The van der Waals surface area contributed by atoms with Gasteiger partial charge in [0.15, 0.2) is 0 Å². The monoisotopic (exact) mass is 264 g/mol. The predicted molar refractivity (Wildman–Crippen MR) is 60.4 cm³/mol. The van der Waals surface area contributed by atoms with Crippen molar-refractivity contribution in [1.82, 2.24) is 9.80 Å². The summed E-state index contributed by atoms with van der Waals surface area (Å²) in [5.74, 6) is -1.45. The van der Waals surface area contributed by atoms with Crippen LogP contribution in [0.4, 0.5) is 8.78 Å². The predicted octanol–water partition coefficient (Wildman–Crippen LogP) is 0.506. The van der Waals surface area contributed by atoms with E-state index in [4.69, 9.17) is 5.11 Å². The molecule has 7 heteroatoms. The van der Waals surface area contributed by atoms with Gasteiger partial charge in [-0.2, -0.15) is 0 Å². The van der Waals surface area contributed by atoms with Gasteiger partial charge in [0.1, 0.15) is 0 Å². The van der Waals surface area contributed by atoms with Gasteiger partial charge in [-0.05, 0) is 19.9 Å². The maximum atomic E-state index is 12.1. The number of nitrogens with zero attached hydrogens (tertiary/aromatic N) is 2. The molecule has 0 bridgehead atoms. The third-order valence-electron chi connectivity index (χ3n) is 3.05. The first-order valence-corrected chi connectivity index (χ1v) is 5.87. The van der Waals surface area contributed by atoms with E-state index >= 15 is 0 Å². The molecule has 1 rings (SSSR count). The Hall–Kier alpha value is -1.24. The van der Waals surface area contributed by atoms with Crippen LogP contribution in [0.25, 0.3) is 0 Å². The summed E-state index contributed by atoms with van der Waals surface area (Å²) in [6.07, 6.45) is -1.60. The lowest BCUT2D eigenvalue weighted by molar-refractivity contribution is -0.146. The fraction of sp³-hybridized carbons (Fsp3) is 0.818. The quantitative estimate of drug-likeness (QED) is 0.786. The zero-order valence-corrected chi connectivity index (χ0v) is 10.3. The molecule has 1 aliphatic rings. The van der Waals surface area contributed by atoms with Gasteiger partial charge in [0.25, 0.3) is 6.43 Å². The average molecular weight is 264 g/mol. The molecule has 0 aromatic carbocycles. The Balaban J connectivity index is 2.34. The van der Waals surface area contributed by atoms with Crippen molar-refractivity contribution < 1.29 is 23.5 Å². The van der Waals surface area contributed by atoms with E-state index in [9.17, 15) is 18.4 Å². The summed E-state index contributed by atoms with van der Waals surface area (Å²) in [6.45, 7) is 0.288. The molecule has 0 aliphatic carbocycles. The minimum atomic E-state index is -2.46. The fourth-order valence-electron chi connectivity index (χ4n) is 2.01. The van der Waals surface area contributed by atoms with Gasteiger partial charge in [-0.3, -0.25) is 14.5 Å². The smallest absolute Gasteiger partial charge is 0.306 e. The molecule has 0 saturated carbocycles. The Labute approximate surface area is 104 Å². The molecule has 1 heterocycles. The maximum absolute atomic E-state index is 12.1. The zero-order valence-electron chi connectivity index (χ0n) is 10.3. The van der Waals surface area contributed by atoms with Crippen molar-refractivity contribution in [3.05, 3.63) is 0 Å². The van der Waals surface area contributed by atoms with E-state index < -0.39 is 24.9 Å². The number of carbonyl (C=O) groups is 2. The third kappa shape index (κ3) is 4.56. The first-order valence-electron chi connectivity index (χ1n) is 5.87. The second-order valence-electron chi connectivity index (χ2n) is 4.58. The Morgan fingerprint density at radius 3 is 2.39 bits per heavy atom. The Morgan fingerprint density at radius 1 is 1.39 bits per heavy atom. The fourth-order valence-corrected chi connectivity index (χ4v) is 2.01. The highest BCUT2D eigenvalue weighted by Gasteiger charge is 2.27. The van der Waals surface area contributed by atoms with Gasteiger partial charge in [0.2, 0.25) is 5.91 Å². The summed E-state index contributed by atoms with van der Waals surface area (Å²) < 4.78 is 24.2. The minimum Gasteiger partial charge on any atom is -0.481 e. The maximum Gasteiger partial charge on any atom is 0.306 e. The molecule has 0 spiro atoms. The number of amides is 1. The normalized spacial score (nSPS) is 17.5. The molecular formula is C11H18F2N2O3. The van der Waals surface area contributed by atoms with Crippen molar-refractivity contribution in [2.24, 2.45) is 5.92 Å². The largest absolute Gasteiger partial charge is 0.481 e. The van der Waals surface area contributed by atoms with Crippen LogP contribution in [-0.2, 0) is 9.59 Å². The average Bonchev–Trinajstić information content (AvgIpc) is 2.27. The van der Waals surface area contributed by atoms with Crippen LogP contribution in [0.3, 0.4) is 0 Å².